The molecule has 0 amide bonds. The standard InChI is InChI=1S/C16H17N3OS3/c1-4-11-12-15(22-14(11)13(20-3)9(2)17)16(23-19-12)18-8-10-6-5-7-21-10/h1,5-7,9,13,18H,8,17H2,2-3H3/t9-,13+/m0/s1. The number of nitrogens with one attached hydrogen (secondary N) is 1. The van der Waals surface area contributed by atoms with E-state index in [9.17, 15) is 0 Å². The predicted octanol–water partition coefficient (Wildman–Crippen LogP) is 4.05. The van der Waals surface area contributed by atoms with Crippen molar-refractivity contribution in [3.8, 4) is 12.3 Å². The Labute approximate surface area is 147 Å². The van der Waals surface area contributed by atoms with E-state index in [1.54, 1.807) is 29.8 Å². The number of rotatable bonds is 6. The van der Waals surface area contributed by atoms with Crippen LogP contribution in [0.15, 0.2) is 17.5 Å². The number of aromatic nitrogens is 1. The van der Waals surface area contributed by atoms with Gasteiger partial charge >= 0.3 is 0 Å². The van der Waals surface area contributed by atoms with E-state index in [0.717, 1.165) is 32.2 Å². The van der Waals surface area contributed by atoms with E-state index in [4.69, 9.17) is 16.9 Å². The zero-order chi connectivity index (χ0) is 16.4. The third-order valence-electron chi connectivity index (χ3n) is 3.48. The number of ether oxygens (including phenoxy) is 1. The number of hydrogen-bond acceptors (Lipinski definition) is 7. The minimum absolute atomic E-state index is 0.138. The Morgan fingerprint density at radius 1 is 1.52 bits per heavy atom. The molecule has 0 aromatic carbocycles. The number of anilines is 1. The number of nitrogens with zero attached hydrogens (tertiary/aromatic N) is 1. The van der Waals surface area contributed by atoms with Gasteiger partial charge in [-0.3, -0.25) is 0 Å². The van der Waals surface area contributed by atoms with E-state index >= 15 is 0 Å². The number of methoxy groups -OCH3 is 1. The van der Waals surface area contributed by atoms with Gasteiger partial charge in [0.05, 0.1) is 21.7 Å². The number of thiophene rings is 2. The molecule has 0 unspecified atom stereocenters. The molecule has 7 heteroatoms. The highest BCUT2D eigenvalue weighted by atomic mass is 32.1. The third kappa shape index (κ3) is 3.13. The largest absolute Gasteiger partial charge is 0.374 e. The average Bonchev–Trinajstić information content (AvgIpc) is 3.22. The first-order valence-corrected chi connectivity index (χ1v) is 9.56. The first kappa shape index (κ1) is 16.4. The highest BCUT2D eigenvalue weighted by molar-refractivity contribution is 7.25. The van der Waals surface area contributed by atoms with Crippen LogP contribution in [0.5, 0.6) is 0 Å². The molecular weight excluding hydrogens is 346 g/mol. The first-order valence-electron chi connectivity index (χ1n) is 7.09. The lowest BCUT2D eigenvalue weighted by Crippen LogP contribution is -2.25. The Morgan fingerprint density at radius 3 is 2.96 bits per heavy atom. The van der Waals surface area contributed by atoms with Crippen LogP contribution in [0.2, 0.25) is 0 Å². The second kappa shape index (κ2) is 6.99. The van der Waals surface area contributed by atoms with E-state index in [2.05, 4.69) is 33.1 Å². The summed E-state index contributed by atoms with van der Waals surface area (Å²) in [5.41, 5.74) is 7.71. The van der Waals surface area contributed by atoms with E-state index < -0.39 is 0 Å². The Morgan fingerprint density at radius 2 is 2.35 bits per heavy atom. The van der Waals surface area contributed by atoms with Crippen molar-refractivity contribution in [3.05, 3.63) is 32.8 Å². The summed E-state index contributed by atoms with van der Waals surface area (Å²) in [5.74, 6) is 2.76. The molecule has 0 fully saturated rings. The molecule has 3 rings (SSSR count). The fraction of sp³-hybridized carbons (Fsp3) is 0.312. The molecule has 3 heterocycles. The topological polar surface area (TPSA) is 60.2 Å². The van der Waals surface area contributed by atoms with Crippen LogP contribution in [0.25, 0.3) is 10.2 Å². The highest BCUT2D eigenvalue weighted by Gasteiger charge is 2.25. The molecule has 0 spiro atoms. The maximum Gasteiger partial charge on any atom is 0.127 e. The molecule has 120 valence electrons. The van der Waals surface area contributed by atoms with Crippen molar-refractivity contribution in [2.75, 3.05) is 12.4 Å². The molecule has 0 aliphatic heterocycles. The van der Waals surface area contributed by atoms with Crippen LogP contribution in [0.4, 0.5) is 5.00 Å². The van der Waals surface area contributed by atoms with Gasteiger partial charge in [0.1, 0.15) is 16.6 Å². The summed E-state index contributed by atoms with van der Waals surface area (Å²) in [6.07, 6.45) is 5.51. The van der Waals surface area contributed by atoms with E-state index in [0.29, 0.717) is 0 Å². The van der Waals surface area contributed by atoms with Crippen LogP contribution in [0, 0.1) is 12.3 Å². The summed E-state index contributed by atoms with van der Waals surface area (Å²) in [5, 5.41) is 6.57. The van der Waals surface area contributed by atoms with E-state index in [1.807, 2.05) is 6.92 Å². The summed E-state index contributed by atoms with van der Waals surface area (Å²) in [6.45, 7) is 2.71. The summed E-state index contributed by atoms with van der Waals surface area (Å²) >= 11 is 4.80. The SMILES string of the molecule is C#Cc1c([C@H](OC)[C@H](C)N)sc2c(NCc3cccs3)snc12. The molecule has 23 heavy (non-hydrogen) atoms. The normalized spacial score (nSPS) is 13.8. The van der Waals surface area contributed by atoms with Crippen molar-refractivity contribution in [1.82, 2.24) is 4.37 Å². The van der Waals surface area contributed by atoms with Crippen LogP contribution in [0.3, 0.4) is 0 Å². The monoisotopic (exact) mass is 363 g/mol. The molecule has 3 N–H and O–H groups in total. The Bertz CT molecular complexity index is 827. The average molecular weight is 364 g/mol. The number of hydrogen-bond donors (Lipinski definition) is 2. The van der Waals surface area contributed by atoms with Crippen molar-refractivity contribution >= 4 is 49.4 Å². The number of fused-ring (bicyclic) bond motifs is 1. The van der Waals surface area contributed by atoms with Crippen LogP contribution in [-0.4, -0.2) is 17.5 Å². The maximum atomic E-state index is 6.04. The Hall–Kier alpha value is -1.43. The summed E-state index contributed by atoms with van der Waals surface area (Å²) in [7, 11) is 1.66. The predicted molar refractivity (Wildman–Crippen MR) is 100 cm³/mol. The van der Waals surface area contributed by atoms with Crippen LogP contribution < -0.4 is 11.1 Å². The third-order valence-corrected chi connectivity index (χ3v) is 6.55. The lowest BCUT2D eigenvalue weighted by atomic mass is 10.1. The molecule has 0 bridgehead atoms. The smallest absolute Gasteiger partial charge is 0.127 e. The molecule has 3 aromatic rings. The number of terminal acetylenes is 1. The second-order valence-corrected chi connectivity index (χ2v) is 7.98. The lowest BCUT2D eigenvalue weighted by Gasteiger charge is -2.18. The van der Waals surface area contributed by atoms with Gasteiger partial charge in [-0.1, -0.05) is 12.0 Å². The van der Waals surface area contributed by atoms with Crippen molar-refractivity contribution in [1.29, 1.82) is 0 Å². The second-order valence-electron chi connectivity index (χ2n) is 5.12. The van der Waals surface area contributed by atoms with Crippen molar-refractivity contribution in [2.24, 2.45) is 5.73 Å². The van der Waals surface area contributed by atoms with Crippen molar-refractivity contribution in [2.45, 2.75) is 25.6 Å². The van der Waals surface area contributed by atoms with Gasteiger partial charge in [-0.15, -0.1) is 29.1 Å². The van der Waals surface area contributed by atoms with Gasteiger partial charge in [-0.2, -0.15) is 4.37 Å². The van der Waals surface area contributed by atoms with E-state index in [1.165, 1.54) is 16.4 Å². The van der Waals surface area contributed by atoms with Gasteiger partial charge in [0, 0.05) is 18.0 Å². The fourth-order valence-electron chi connectivity index (χ4n) is 2.41. The number of nitrogens with two attached hydrogens (primary N) is 1. The summed E-state index contributed by atoms with van der Waals surface area (Å²) < 4.78 is 11.2. The van der Waals surface area contributed by atoms with Crippen molar-refractivity contribution < 1.29 is 4.74 Å². The van der Waals surface area contributed by atoms with Gasteiger partial charge < -0.3 is 15.8 Å². The van der Waals surface area contributed by atoms with Crippen LogP contribution >= 0.6 is 34.2 Å². The van der Waals surface area contributed by atoms with Crippen LogP contribution in [-0.2, 0) is 11.3 Å². The molecule has 0 aliphatic carbocycles. The van der Waals surface area contributed by atoms with Gasteiger partial charge in [0.15, 0.2) is 0 Å². The fourth-order valence-corrected chi connectivity index (χ4v) is 5.34. The van der Waals surface area contributed by atoms with Crippen molar-refractivity contribution in [3.63, 3.8) is 0 Å². The van der Waals surface area contributed by atoms with E-state index in [-0.39, 0.29) is 12.1 Å². The zero-order valence-electron chi connectivity index (χ0n) is 12.8. The molecule has 4 nitrogen and oxygen atoms in total. The first-order chi connectivity index (χ1) is 11.2. The minimum atomic E-state index is -0.213. The molecule has 2 atom stereocenters. The van der Waals surface area contributed by atoms with Crippen LogP contribution in [0.1, 0.15) is 28.3 Å². The Kier molecular flexibility index (Phi) is 4.99. The molecular formula is C16H17N3OS3. The molecule has 0 radical (unpaired) electrons. The Balaban J connectivity index is 1.96. The maximum absolute atomic E-state index is 6.04. The lowest BCUT2D eigenvalue weighted by molar-refractivity contribution is 0.0881. The molecule has 0 saturated carbocycles. The minimum Gasteiger partial charge on any atom is -0.374 e. The molecule has 3 aromatic heterocycles. The summed E-state index contributed by atoms with van der Waals surface area (Å²) in [6, 6.07) is 4.02. The van der Waals surface area contributed by atoms with Gasteiger partial charge in [-0.25, -0.2) is 0 Å². The highest BCUT2D eigenvalue weighted by Crippen LogP contribution is 2.42. The zero-order valence-corrected chi connectivity index (χ0v) is 15.3. The van der Waals surface area contributed by atoms with Gasteiger partial charge in [-0.05, 0) is 29.9 Å². The quantitative estimate of drug-likeness (QED) is 0.649. The summed E-state index contributed by atoms with van der Waals surface area (Å²) in [4.78, 5) is 2.26. The van der Waals surface area contributed by atoms with Gasteiger partial charge in [0.2, 0.25) is 0 Å². The molecule has 0 saturated heterocycles. The van der Waals surface area contributed by atoms with Gasteiger partial charge in [0.25, 0.3) is 0 Å². The molecule has 0 aliphatic rings.